The maximum Gasteiger partial charge on any atom is 0.307 e. The summed E-state index contributed by atoms with van der Waals surface area (Å²) in [5.41, 5.74) is 6.49. The Kier molecular flexibility index (Phi) is 2.06. The summed E-state index contributed by atoms with van der Waals surface area (Å²) in [6, 6.07) is 1.60. The van der Waals surface area contributed by atoms with Gasteiger partial charge in [-0.2, -0.15) is 0 Å². The molecule has 0 aromatic carbocycles. The van der Waals surface area contributed by atoms with Crippen molar-refractivity contribution in [1.82, 2.24) is 4.98 Å². The molecule has 1 rings (SSSR count). The van der Waals surface area contributed by atoms with Crippen LogP contribution >= 0.6 is 0 Å². The maximum atomic E-state index is 10.2. The first-order valence-corrected chi connectivity index (χ1v) is 3.09. The van der Waals surface area contributed by atoms with Crippen molar-refractivity contribution < 1.29 is 9.90 Å². The fourth-order valence-electron chi connectivity index (χ4n) is 0.779. The number of anilines is 1. The predicted octanol–water partition coefficient (Wildman–Crippen LogP) is 0.291. The third kappa shape index (κ3) is 2.25. The van der Waals surface area contributed by atoms with Crippen LogP contribution in [-0.2, 0) is 11.2 Å². The van der Waals surface area contributed by atoms with Gasteiger partial charge >= 0.3 is 5.97 Å². The highest BCUT2D eigenvalue weighted by molar-refractivity contribution is 5.70. The minimum Gasteiger partial charge on any atom is -0.481 e. The van der Waals surface area contributed by atoms with Crippen LogP contribution in [0.4, 0.5) is 5.69 Å². The van der Waals surface area contributed by atoms with Crippen molar-refractivity contribution in [2.45, 2.75) is 6.42 Å². The van der Waals surface area contributed by atoms with Crippen molar-refractivity contribution in [2.75, 3.05) is 5.73 Å². The van der Waals surface area contributed by atoms with Crippen LogP contribution in [0.15, 0.2) is 18.5 Å². The summed E-state index contributed by atoms with van der Waals surface area (Å²) in [5.74, 6) is -0.877. The second kappa shape index (κ2) is 3.01. The largest absolute Gasteiger partial charge is 0.481 e. The molecule has 0 amide bonds. The number of pyridine rings is 1. The molecule has 0 radical (unpaired) electrons. The van der Waals surface area contributed by atoms with Crippen LogP contribution in [0, 0.1) is 0 Å². The van der Waals surface area contributed by atoms with Crippen LogP contribution in [0.25, 0.3) is 0 Å². The molecule has 0 saturated heterocycles. The topological polar surface area (TPSA) is 76.2 Å². The normalized spacial score (nSPS) is 9.45. The van der Waals surface area contributed by atoms with E-state index >= 15 is 0 Å². The summed E-state index contributed by atoms with van der Waals surface area (Å²) >= 11 is 0. The molecule has 0 bridgehead atoms. The maximum absolute atomic E-state index is 10.2. The first-order chi connectivity index (χ1) is 5.18. The van der Waals surface area contributed by atoms with Crippen molar-refractivity contribution in [3.63, 3.8) is 0 Å². The SMILES string of the molecule is Nc1cncc(CC(=O)O)c1. The Morgan fingerprint density at radius 3 is 2.91 bits per heavy atom. The van der Waals surface area contributed by atoms with Gasteiger partial charge in [0.1, 0.15) is 0 Å². The van der Waals surface area contributed by atoms with Gasteiger partial charge in [0, 0.05) is 12.4 Å². The highest BCUT2D eigenvalue weighted by atomic mass is 16.4. The van der Waals surface area contributed by atoms with E-state index in [0.29, 0.717) is 11.3 Å². The van der Waals surface area contributed by atoms with E-state index in [4.69, 9.17) is 10.8 Å². The summed E-state index contributed by atoms with van der Waals surface area (Å²) < 4.78 is 0. The lowest BCUT2D eigenvalue weighted by molar-refractivity contribution is -0.136. The summed E-state index contributed by atoms with van der Waals surface area (Å²) in [5, 5.41) is 8.39. The van der Waals surface area contributed by atoms with Gasteiger partial charge in [0.2, 0.25) is 0 Å². The van der Waals surface area contributed by atoms with Crippen LogP contribution < -0.4 is 5.73 Å². The molecule has 0 aliphatic carbocycles. The zero-order valence-electron chi connectivity index (χ0n) is 5.82. The van der Waals surface area contributed by atoms with Gasteiger partial charge in [-0.1, -0.05) is 0 Å². The highest BCUT2D eigenvalue weighted by Gasteiger charge is 1.99. The molecule has 11 heavy (non-hydrogen) atoms. The van der Waals surface area contributed by atoms with Gasteiger partial charge in [0.05, 0.1) is 12.1 Å². The van der Waals surface area contributed by atoms with E-state index in [2.05, 4.69) is 4.98 Å². The van der Waals surface area contributed by atoms with Crippen molar-refractivity contribution in [3.05, 3.63) is 24.0 Å². The van der Waals surface area contributed by atoms with Gasteiger partial charge in [0.15, 0.2) is 0 Å². The molecule has 1 aromatic heterocycles. The number of hydrogen-bond acceptors (Lipinski definition) is 3. The van der Waals surface area contributed by atoms with E-state index in [1.165, 1.54) is 12.4 Å². The molecule has 3 N–H and O–H groups in total. The molecule has 1 aromatic rings. The zero-order valence-corrected chi connectivity index (χ0v) is 5.82. The summed E-state index contributed by atoms with van der Waals surface area (Å²) in [6.45, 7) is 0. The van der Waals surface area contributed by atoms with E-state index < -0.39 is 5.97 Å². The number of nitrogens with zero attached hydrogens (tertiary/aromatic N) is 1. The molecule has 58 valence electrons. The van der Waals surface area contributed by atoms with Crippen LogP contribution in [0.3, 0.4) is 0 Å². The van der Waals surface area contributed by atoms with Crippen LogP contribution in [0.5, 0.6) is 0 Å². The number of hydrogen-bond donors (Lipinski definition) is 2. The highest BCUT2D eigenvalue weighted by Crippen LogP contribution is 2.03. The van der Waals surface area contributed by atoms with Crippen LogP contribution in [0.1, 0.15) is 5.56 Å². The third-order valence-electron chi connectivity index (χ3n) is 1.17. The Hall–Kier alpha value is -1.58. The quantitative estimate of drug-likeness (QED) is 0.638. The molecule has 0 fully saturated rings. The van der Waals surface area contributed by atoms with Crippen LogP contribution in [-0.4, -0.2) is 16.1 Å². The van der Waals surface area contributed by atoms with Crippen LogP contribution in [0.2, 0.25) is 0 Å². The summed E-state index contributed by atoms with van der Waals surface area (Å²) in [4.78, 5) is 14.0. The van der Waals surface area contributed by atoms with Crippen molar-refractivity contribution >= 4 is 11.7 Å². The third-order valence-corrected chi connectivity index (χ3v) is 1.17. The minimum atomic E-state index is -0.877. The molecule has 0 spiro atoms. The Morgan fingerprint density at radius 2 is 2.36 bits per heavy atom. The molecular formula is C7H8N2O2. The lowest BCUT2D eigenvalue weighted by Gasteiger charge is -1.96. The monoisotopic (exact) mass is 152 g/mol. The molecule has 0 saturated carbocycles. The average Bonchev–Trinajstić information content (AvgIpc) is 1.85. The second-order valence-electron chi connectivity index (χ2n) is 2.20. The van der Waals surface area contributed by atoms with E-state index in [-0.39, 0.29) is 6.42 Å². The fourth-order valence-corrected chi connectivity index (χ4v) is 0.779. The fraction of sp³-hybridized carbons (Fsp3) is 0.143. The van der Waals surface area contributed by atoms with Crippen molar-refractivity contribution in [3.8, 4) is 0 Å². The number of nitrogen functional groups attached to an aromatic ring is 1. The molecule has 0 atom stereocenters. The number of nitrogens with two attached hydrogens (primary N) is 1. The number of aliphatic carboxylic acids is 1. The number of rotatable bonds is 2. The molecule has 0 unspecified atom stereocenters. The van der Waals surface area contributed by atoms with Gasteiger partial charge in [-0.25, -0.2) is 0 Å². The predicted molar refractivity (Wildman–Crippen MR) is 40.0 cm³/mol. The van der Waals surface area contributed by atoms with E-state index in [0.717, 1.165) is 0 Å². The molecular weight excluding hydrogens is 144 g/mol. The van der Waals surface area contributed by atoms with Gasteiger partial charge in [0.25, 0.3) is 0 Å². The van der Waals surface area contributed by atoms with E-state index in [1.54, 1.807) is 6.07 Å². The Labute approximate surface area is 63.7 Å². The first-order valence-electron chi connectivity index (χ1n) is 3.09. The molecule has 0 aliphatic rings. The van der Waals surface area contributed by atoms with Gasteiger partial charge < -0.3 is 10.8 Å². The van der Waals surface area contributed by atoms with E-state index in [1.807, 2.05) is 0 Å². The number of carboxylic acid groups (broad SMARTS) is 1. The lowest BCUT2D eigenvalue weighted by Crippen LogP contribution is -2.01. The molecule has 1 heterocycles. The lowest BCUT2D eigenvalue weighted by atomic mass is 10.2. The zero-order chi connectivity index (χ0) is 8.27. The summed E-state index contributed by atoms with van der Waals surface area (Å²) in [6.07, 6.45) is 2.94. The Bertz CT molecular complexity index is 273. The number of carbonyl (C=O) groups is 1. The second-order valence-corrected chi connectivity index (χ2v) is 2.20. The Morgan fingerprint density at radius 1 is 1.64 bits per heavy atom. The summed E-state index contributed by atoms with van der Waals surface area (Å²) in [7, 11) is 0. The molecule has 4 nitrogen and oxygen atoms in total. The average molecular weight is 152 g/mol. The standard InChI is InChI=1S/C7H8N2O2/c8-6-1-5(2-7(10)11)3-9-4-6/h1,3-4H,2,8H2,(H,10,11). The number of aromatic nitrogens is 1. The van der Waals surface area contributed by atoms with Gasteiger partial charge in [-0.15, -0.1) is 0 Å². The molecule has 0 aliphatic heterocycles. The van der Waals surface area contributed by atoms with Crippen molar-refractivity contribution in [2.24, 2.45) is 0 Å². The number of carboxylic acids is 1. The van der Waals surface area contributed by atoms with Crippen molar-refractivity contribution in [1.29, 1.82) is 0 Å². The minimum absolute atomic E-state index is 0.0297. The first kappa shape index (κ1) is 7.53. The molecule has 4 heteroatoms. The Balaban J connectivity index is 2.79. The van der Waals surface area contributed by atoms with Gasteiger partial charge in [-0.3, -0.25) is 9.78 Å². The van der Waals surface area contributed by atoms with E-state index in [9.17, 15) is 4.79 Å². The smallest absolute Gasteiger partial charge is 0.307 e. The van der Waals surface area contributed by atoms with Gasteiger partial charge in [-0.05, 0) is 11.6 Å².